The maximum atomic E-state index is 12.9. The molecule has 0 spiro atoms. The molecule has 3 aromatic rings. The Morgan fingerprint density at radius 3 is 2.50 bits per heavy atom. The molecular weight excluding hydrogens is 392 g/mol. The second-order valence-corrected chi connectivity index (χ2v) is 7.84. The van der Waals surface area contributed by atoms with Crippen LogP contribution >= 0.6 is 11.8 Å². The molecule has 6 heteroatoms. The molecule has 0 fully saturated rings. The van der Waals surface area contributed by atoms with Crippen molar-refractivity contribution in [2.24, 2.45) is 4.99 Å². The Labute approximate surface area is 179 Å². The van der Waals surface area contributed by atoms with Gasteiger partial charge in [-0.15, -0.1) is 0 Å². The molecule has 0 bridgehead atoms. The summed E-state index contributed by atoms with van der Waals surface area (Å²) >= 11 is 1.67. The standard InChI is InChI=1S/C24H20N4OS/c29-23(20-8-4-5-9-21(20)26-18-6-2-1-3-7-18)27-19-12-10-17(11-13-19)22-16-30-24-25-14-15-28(22)24/h1-13,16,26H,14-15H2,(H,27,29). The van der Waals surface area contributed by atoms with Crippen molar-refractivity contribution in [2.75, 3.05) is 23.7 Å². The van der Waals surface area contributed by atoms with E-state index in [1.165, 1.54) is 5.70 Å². The topological polar surface area (TPSA) is 56.7 Å². The second kappa shape index (κ2) is 8.08. The molecule has 0 atom stereocenters. The van der Waals surface area contributed by atoms with Gasteiger partial charge in [0, 0.05) is 23.3 Å². The van der Waals surface area contributed by atoms with Crippen LogP contribution in [-0.4, -0.2) is 29.1 Å². The maximum absolute atomic E-state index is 12.9. The van der Waals surface area contributed by atoms with Crippen molar-refractivity contribution in [1.29, 1.82) is 0 Å². The molecule has 5 nitrogen and oxygen atoms in total. The van der Waals surface area contributed by atoms with E-state index in [2.05, 4.69) is 25.9 Å². The Balaban J connectivity index is 1.31. The quantitative estimate of drug-likeness (QED) is 0.589. The van der Waals surface area contributed by atoms with Crippen LogP contribution in [0.5, 0.6) is 0 Å². The molecule has 5 rings (SSSR count). The van der Waals surface area contributed by atoms with Crippen LogP contribution in [0.2, 0.25) is 0 Å². The number of hydrogen-bond donors (Lipinski definition) is 2. The molecule has 2 N–H and O–H groups in total. The molecule has 0 saturated heterocycles. The molecule has 0 radical (unpaired) electrons. The molecule has 0 unspecified atom stereocenters. The lowest BCUT2D eigenvalue weighted by molar-refractivity contribution is 0.102. The molecule has 1 amide bonds. The third kappa shape index (κ3) is 3.69. The van der Waals surface area contributed by atoms with Gasteiger partial charge in [0.05, 0.1) is 23.5 Å². The number of carbonyl (C=O) groups excluding carboxylic acids is 1. The van der Waals surface area contributed by atoms with Crippen LogP contribution < -0.4 is 10.6 Å². The van der Waals surface area contributed by atoms with Gasteiger partial charge in [0.25, 0.3) is 5.91 Å². The van der Waals surface area contributed by atoms with Crippen molar-refractivity contribution in [1.82, 2.24) is 4.90 Å². The largest absolute Gasteiger partial charge is 0.355 e. The van der Waals surface area contributed by atoms with E-state index in [9.17, 15) is 4.79 Å². The minimum Gasteiger partial charge on any atom is -0.355 e. The smallest absolute Gasteiger partial charge is 0.257 e. The van der Waals surface area contributed by atoms with E-state index in [1.54, 1.807) is 11.8 Å². The van der Waals surface area contributed by atoms with Gasteiger partial charge >= 0.3 is 0 Å². The van der Waals surface area contributed by atoms with Crippen LogP contribution in [-0.2, 0) is 0 Å². The number of para-hydroxylation sites is 2. The highest BCUT2D eigenvalue weighted by molar-refractivity contribution is 8.16. The summed E-state index contributed by atoms with van der Waals surface area (Å²) in [6.45, 7) is 1.78. The molecule has 0 saturated carbocycles. The van der Waals surface area contributed by atoms with E-state index >= 15 is 0 Å². The fourth-order valence-electron chi connectivity index (χ4n) is 3.54. The number of amides is 1. The third-order valence-electron chi connectivity index (χ3n) is 5.03. The van der Waals surface area contributed by atoms with Crippen LogP contribution in [0.25, 0.3) is 5.70 Å². The number of thioether (sulfide) groups is 1. The number of aliphatic imine (C=N–C) groups is 1. The van der Waals surface area contributed by atoms with E-state index in [4.69, 9.17) is 0 Å². The van der Waals surface area contributed by atoms with E-state index < -0.39 is 0 Å². The lowest BCUT2D eigenvalue weighted by Crippen LogP contribution is -2.19. The molecular formula is C24H20N4OS. The number of fused-ring (bicyclic) bond motifs is 1. The first-order chi connectivity index (χ1) is 14.8. The number of hydrogen-bond acceptors (Lipinski definition) is 5. The van der Waals surface area contributed by atoms with Crippen LogP contribution in [0.3, 0.4) is 0 Å². The van der Waals surface area contributed by atoms with Gasteiger partial charge in [-0.2, -0.15) is 0 Å². The van der Waals surface area contributed by atoms with Crippen LogP contribution in [0, 0.1) is 0 Å². The minimum absolute atomic E-state index is 0.147. The molecule has 30 heavy (non-hydrogen) atoms. The number of rotatable bonds is 5. The van der Waals surface area contributed by atoms with Crippen molar-refractivity contribution < 1.29 is 4.79 Å². The van der Waals surface area contributed by atoms with Gasteiger partial charge in [-0.3, -0.25) is 9.79 Å². The molecule has 0 aromatic heterocycles. The van der Waals surface area contributed by atoms with Gasteiger partial charge in [0.1, 0.15) is 0 Å². The van der Waals surface area contributed by atoms with Gasteiger partial charge in [-0.25, -0.2) is 0 Å². The Morgan fingerprint density at radius 1 is 0.900 bits per heavy atom. The van der Waals surface area contributed by atoms with Crippen molar-refractivity contribution in [2.45, 2.75) is 0 Å². The van der Waals surface area contributed by atoms with Gasteiger partial charge in [-0.1, -0.05) is 54.2 Å². The lowest BCUT2D eigenvalue weighted by atomic mass is 10.1. The zero-order valence-corrected chi connectivity index (χ0v) is 17.0. The van der Waals surface area contributed by atoms with Gasteiger partial charge < -0.3 is 15.5 Å². The van der Waals surface area contributed by atoms with E-state index in [1.807, 2.05) is 78.9 Å². The number of amidine groups is 1. The zero-order chi connectivity index (χ0) is 20.3. The summed E-state index contributed by atoms with van der Waals surface area (Å²) in [6.07, 6.45) is 0. The number of nitrogens with zero attached hydrogens (tertiary/aromatic N) is 2. The second-order valence-electron chi connectivity index (χ2n) is 7.00. The average molecular weight is 413 g/mol. The predicted molar refractivity (Wildman–Crippen MR) is 125 cm³/mol. The fraction of sp³-hybridized carbons (Fsp3) is 0.0833. The zero-order valence-electron chi connectivity index (χ0n) is 16.2. The normalized spacial score (nSPS) is 14.7. The van der Waals surface area contributed by atoms with E-state index in [0.717, 1.165) is 40.9 Å². The van der Waals surface area contributed by atoms with Crippen LogP contribution in [0.1, 0.15) is 15.9 Å². The molecule has 2 heterocycles. The Morgan fingerprint density at radius 2 is 1.67 bits per heavy atom. The lowest BCUT2D eigenvalue weighted by Gasteiger charge is -2.17. The predicted octanol–water partition coefficient (Wildman–Crippen LogP) is 5.40. The highest BCUT2D eigenvalue weighted by Gasteiger charge is 2.26. The van der Waals surface area contributed by atoms with Crippen LogP contribution in [0.4, 0.5) is 17.1 Å². The van der Waals surface area contributed by atoms with Crippen molar-refractivity contribution in [3.63, 3.8) is 0 Å². The molecule has 2 aliphatic heterocycles. The number of anilines is 3. The first kappa shape index (κ1) is 18.5. The summed E-state index contributed by atoms with van der Waals surface area (Å²) in [6, 6.07) is 25.3. The third-order valence-corrected chi connectivity index (χ3v) is 5.93. The highest BCUT2D eigenvalue weighted by atomic mass is 32.2. The van der Waals surface area contributed by atoms with Crippen LogP contribution in [0.15, 0.2) is 89.3 Å². The van der Waals surface area contributed by atoms with E-state index in [-0.39, 0.29) is 5.91 Å². The Hall–Kier alpha value is -3.51. The average Bonchev–Trinajstić information content (AvgIpc) is 3.40. The number of carbonyl (C=O) groups is 1. The SMILES string of the molecule is O=C(Nc1ccc(C2=CSC3=NCCN23)cc1)c1ccccc1Nc1ccccc1. The summed E-state index contributed by atoms with van der Waals surface area (Å²) in [5.74, 6) is -0.147. The van der Waals surface area contributed by atoms with Crippen molar-refractivity contribution in [3.8, 4) is 0 Å². The minimum atomic E-state index is -0.147. The highest BCUT2D eigenvalue weighted by Crippen LogP contribution is 2.35. The monoisotopic (exact) mass is 412 g/mol. The molecule has 0 aliphatic carbocycles. The molecule has 3 aromatic carbocycles. The van der Waals surface area contributed by atoms with Gasteiger partial charge in [0.2, 0.25) is 0 Å². The van der Waals surface area contributed by atoms with E-state index in [0.29, 0.717) is 5.56 Å². The number of benzene rings is 3. The molecule has 148 valence electrons. The summed E-state index contributed by atoms with van der Waals surface area (Å²) in [4.78, 5) is 19.7. The Bertz CT molecular complexity index is 1140. The summed E-state index contributed by atoms with van der Waals surface area (Å²) in [5.41, 5.74) is 5.37. The van der Waals surface area contributed by atoms with Crippen molar-refractivity contribution in [3.05, 3.63) is 95.4 Å². The Kier molecular flexibility index (Phi) is 4.99. The van der Waals surface area contributed by atoms with Gasteiger partial charge in [0.15, 0.2) is 5.17 Å². The maximum Gasteiger partial charge on any atom is 0.257 e. The van der Waals surface area contributed by atoms with Crippen molar-refractivity contribution >= 4 is 45.6 Å². The number of nitrogens with one attached hydrogen (secondary N) is 2. The molecule has 2 aliphatic rings. The summed E-state index contributed by atoms with van der Waals surface area (Å²) < 4.78 is 0. The first-order valence-corrected chi connectivity index (χ1v) is 10.7. The summed E-state index contributed by atoms with van der Waals surface area (Å²) in [5, 5.41) is 9.54. The fourth-order valence-corrected chi connectivity index (χ4v) is 4.50. The first-order valence-electron chi connectivity index (χ1n) is 9.80. The summed E-state index contributed by atoms with van der Waals surface area (Å²) in [7, 11) is 0. The van der Waals surface area contributed by atoms with Gasteiger partial charge in [-0.05, 0) is 42.0 Å².